The highest BCUT2D eigenvalue weighted by molar-refractivity contribution is 7.91. The van der Waals surface area contributed by atoms with E-state index in [0.29, 0.717) is 0 Å². The van der Waals surface area contributed by atoms with Gasteiger partial charge in [-0.2, -0.15) is 0 Å². The molecule has 0 fully saturated rings. The molecule has 0 aromatic carbocycles. The Morgan fingerprint density at radius 3 is 2.50 bits per heavy atom. The Balaban J connectivity index is 0.00000225. The minimum atomic E-state index is -3.48. The summed E-state index contributed by atoms with van der Waals surface area (Å²) in [6.45, 7) is 5.47. The first-order valence-electron chi connectivity index (χ1n) is 4.43. The highest BCUT2D eigenvalue weighted by Crippen LogP contribution is 2.19. The fourth-order valence-corrected chi connectivity index (χ4v) is 3.45. The third-order valence-electron chi connectivity index (χ3n) is 1.79. The second kappa shape index (κ2) is 5.42. The summed E-state index contributed by atoms with van der Waals surface area (Å²) in [5.41, 5.74) is 4.82. The van der Waals surface area contributed by atoms with Crippen LogP contribution in [0.25, 0.3) is 0 Å². The highest BCUT2D eigenvalue weighted by Gasteiger charge is 2.26. The Kier molecular flexibility index (Phi) is 5.34. The molecule has 0 aliphatic carbocycles. The lowest BCUT2D eigenvalue weighted by Gasteiger charge is -2.23. The molecule has 0 amide bonds. The van der Waals surface area contributed by atoms with Crippen LogP contribution >= 0.6 is 23.7 Å². The van der Waals surface area contributed by atoms with E-state index in [9.17, 15) is 8.42 Å². The summed E-state index contributed by atoms with van der Waals surface area (Å²) in [4.78, 5) is 3.91. The van der Waals surface area contributed by atoms with Gasteiger partial charge in [0.15, 0.2) is 4.21 Å². The molecule has 1 aromatic rings. The number of aryl methyl sites for hydroxylation is 1. The van der Waals surface area contributed by atoms with Crippen LogP contribution < -0.4 is 10.5 Å². The number of nitrogens with one attached hydrogen (secondary N) is 1. The lowest BCUT2D eigenvalue weighted by Crippen LogP contribution is -2.48. The van der Waals surface area contributed by atoms with E-state index in [0.717, 1.165) is 16.3 Å². The minimum absolute atomic E-state index is 0. The van der Waals surface area contributed by atoms with Gasteiger partial charge in [-0.05, 0) is 20.8 Å². The molecule has 5 nitrogen and oxygen atoms in total. The molecule has 0 saturated carbocycles. The number of sulfonamides is 1. The number of hydrogen-bond donors (Lipinski definition) is 2. The average molecular weight is 286 g/mol. The molecule has 1 aromatic heterocycles. The van der Waals surface area contributed by atoms with Gasteiger partial charge in [0.05, 0.1) is 11.2 Å². The van der Waals surface area contributed by atoms with E-state index in [2.05, 4.69) is 9.71 Å². The van der Waals surface area contributed by atoms with Crippen LogP contribution in [0.15, 0.2) is 10.4 Å². The van der Waals surface area contributed by atoms with Gasteiger partial charge in [-0.3, -0.25) is 0 Å². The van der Waals surface area contributed by atoms with Crippen molar-refractivity contribution in [1.29, 1.82) is 0 Å². The van der Waals surface area contributed by atoms with E-state index in [1.807, 2.05) is 0 Å². The maximum absolute atomic E-state index is 11.8. The Morgan fingerprint density at radius 2 is 2.12 bits per heavy atom. The van der Waals surface area contributed by atoms with Crippen molar-refractivity contribution in [1.82, 2.24) is 9.71 Å². The monoisotopic (exact) mass is 285 g/mol. The Hall–Kier alpha value is -0.210. The highest BCUT2D eigenvalue weighted by atomic mass is 35.5. The van der Waals surface area contributed by atoms with Crippen molar-refractivity contribution in [3.05, 3.63) is 11.2 Å². The van der Waals surface area contributed by atoms with Gasteiger partial charge in [-0.25, -0.2) is 18.1 Å². The molecule has 0 aliphatic heterocycles. The molecule has 16 heavy (non-hydrogen) atoms. The normalized spacial score (nSPS) is 12.2. The molecule has 8 heteroatoms. The van der Waals surface area contributed by atoms with E-state index in [1.165, 1.54) is 6.20 Å². The van der Waals surface area contributed by atoms with Crippen LogP contribution in [0.4, 0.5) is 0 Å². The molecule has 1 heterocycles. The molecule has 0 bridgehead atoms. The second-order valence-electron chi connectivity index (χ2n) is 3.89. The van der Waals surface area contributed by atoms with Crippen LogP contribution in [0.5, 0.6) is 0 Å². The van der Waals surface area contributed by atoms with Gasteiger partial charge in [0, 0.05) is 12.1 Å². The molecule has 1 rings (SSSR count). The average Bonchev–Trinajstić information content (AvgIpc) is 2.51. The fraction of sp³-hybridized carbons (Fsp3) is 0.625. The number of hydrogen-bond acceptors (Lipinski definition) is 5. The number of rotatable bonds is 4. The molecule has 0 atom stereocenters. The van der Waals surface area contributed by atoms with E-state index in [-0.39, 0.29) is 23.2 Å². The standard InChI is InChI=1S/C8H15N3O2S2.ClH/c1-6-10-4-7(14-6)15(12,13)11-8(2,3)5-9;/h4,11H,5,9H2,1-3H3;1H. The van der Waals surface area contributed by atoms with Gasteiger partial charge in [0.2, 0.25) is 0 Å². The molecule has 0 aliphatic rings. The third kappa shape index (κ3) is 3.99. The van der Waals surface area contributed by atoms with E-state index in [4.69, 9.17) is 5.73 Å². The van der Waals surface area contributed by atoms with Gasteiger partial charge in [-0.1, -0.05) is 0 Å². The number of nitrogens with two attached hydrogens (primary N) is 1. The second-order valence-corrected chi connectivity index (χ2v) is 7.04. The van der Waals surface area contributed by atoms with Crippen LogP contribution in [0.1, 0.15) is 18.9 Å². The van der Waals surface area contributed by atoms with E-state index >= 15 is 0 Å². The first-order chi connectivity index (χ1) is 6.77. The van der Waals surface area contributed by atoms with Gasteiger partial charge < -0.3 is 5.73 Å². The van der Waals surface area contributed by atoms with E-state index in [1.54, 1.807) is 20.8 Å². The topological polar surface area (TPSA) is 85.1 Å². The van der Waals surface area contributed by atoms with Crippen molar-refractivity contribution in [3.8, 4) is 0 Å². The van der Waals surface area contributed by atoms with Gasteiger partial charge in [0.25, 0.3) is 10.0 Å². The number of nitrogens with zero attached hydrogens (tertiary/aromatic N) is 1. The zero-order chi connectivity index (χ0) is 11.7. The van der Waals surface area contributed by atoms with Crippen molar-refractivity contribution in [3.63, 3.8) is 0 Å². The van der Waals surface area contributed by atoms with Crippen LogP contribution in [0, 0.1) is 6.92 Å². The van der Waals surface area contributed by atoms with Crippen LogP contribution in [-0.4, -0.2) is 25.5 Å². The van der Waals surface area contributed by atoms with Crippen molar-refractivity contribution in [2.75, 3.05) is 6.54 Å². The first kappa shape index (κ1) is 15.8. The molecule has 0 unspecified atom stereocenters. The van der Waals surface area contributed by atoms with E-state index < -0.39 is 15.6 Å². The van der Waals surface area contributed by atoms with Gasteiger partial charge >= 0.3 is 0 Å². The van der Waals surface area contributed by atoms with Gasteiger partial charge in [0.1, 0.15) is 0 Å². The predicted octanol–water partition coefficient (Wildman–Crippen LogP) is 0.889. The summed E-state index contributed by atoms with van der Waals surface area (Å²) in [7, 11) is -3.48. The Bertz CT molecular complexity index is 442. The molecule has 0 radical (unpaired) electrons. The van der Waals surface area contributed by atoms with Crippen LogP contribution in [0.2, 0.25) is 0 Å². The van der Waals surface area contributed by atoms with Gasteiger partial charge in [-0.15, -0.1) is 23.7 Å². The summed E-state index contributed by atoms with van der Waals surface area (Å²) >= 11 is 1.14. The van der Waals surface area contributed by atoms with Crippen LogP contribution in [0.3, 0.4) is 0 Å². The molecular weight excluding hydrogens is 270 g/mol. The number of thiazole rings is 1. The Labute approximate surface area is 106 Å². The fourth-order valence-electron chi connectivity index (χ4n) is 0.922. The molecule has 3 N–H and O–H groups in total. The maximum Gasteiger partial charge on any atom is 0.252 e. The van der Waals surface area contributed by atoms with Crippen molar-refractivity contribution >= 4 is 33.8 Å². The lowest BCUT2D eigenvalue weighted by atomic mass is 10.1. The largest absolute Gasteiger partial charge is 0.329 e. The summed E-state index contributed by atoms with van der Waals surface area (Å²) in [6.07, 6.45) is 1.36. The lowest BCUT2D eigenvalue weighted by molar-refractivity contribution is 0.463. The molecule has 0 saturated heterocycles. The zero-order valence-electron chi connectivity index (χ0n) is 9.35. The minimum Gasteiger partial charge on any atom is -0.329 e. The number of halogens is 1. The zero-order valence-corrected chi connectivity index (χ0v) is 11.8. The maximum atomic E-state index is 11.8. The smallest absolute Gasteiger partial charge is 0.252 e. The summed E-state index contributed by atoms with van der Waals surface area (Å²) in [6, 6.07) is 0. The summed E-state index contributed by atoms with van der Waals surface area (Å²) in [5.74, 6) is 0. The van der Waals surface area contributed by atoms with Crippen molar-refractivity contribution in [2.24, 2.45) is 5.73 Å². The number of aromatic nitrogens is 1. The predicted molar refractivity (Wildman–Crippen MR) is 67.6 cm³/mol. The Morgan fingerprint density at radius 1 is 1.56 bits per heavy atom. The molecule has 94 valence electrons. The summed E-state index contributed by atoms with van der Waals surface area (Å²) < 4.78 is 26.4. The molecular formula is C8H16ClN3O2S2. The third-order valence-corrected chi connectivity index (χ3v) is 4.86. The van der Waals surface area contributed by atoms with Crippen molar-refractivity contribution in [2.45, 2.75) is 30.5 Å². The summed E-state index contributed by atoms with van der Waals surface area (Å²) in [5, 5.41) is 0.723. The SMILES string of the molecule is Cc1ncc(S(=O)(=O)NC(C)(C)CN)s1.Cl. The first-order valence-corrected chi connectivity index (χ1v) is 6.73. The van der Waals surface area contributed by atoms with Crippen molar-refractivity contribution < 1.29 is 8.42 Å². The van der Waals surface area contributed by atoms with Crippen LogP contribution in [-0.2, 0) is 10.0 Å². The molecule has 0 spiro atoms. The quantitative estimate of drug-likeness (QED) is 0.860.